The molecule has 1 heterocycles. The smallest absolute Gasteiger partial charge is 0.408 e. The molecule has 8 nitrogen and oxygen atoms in total. The third kappa shape index (κ3) is 6.46. The summed E-state index contributed by atoms with van der Waals surface area (Å²) in [5.41, 5.74) is 1.63. The minimum Gasteiger partial charge on any atom is -0.444 e. The maximum atomic E-state index is 12.7. The van der Waals surface area contributed by atoms with Crippen LogP contribution in [0.1, 0.15) is 31.1 Å². The number of para-hydroxylation sites is 2. The number of aromatic nitrogens is 1. The lowest BCUT2D eigenvalue weighted by Crippen LogP contribution is -2.37. The van der Waals surface area contributed by atoms with Crippen LogP contribution in [-0.2, 0) is 9.53 Å². The van der Waals surface area contributed by atoms with Gasteiger partial charge in [-0.2, -0.15) is 0 Å². The highest BCUT2D eigenvalue weighted by atomic mass is 16.6. The number of nitrogens with one attached hydrogen (secondary N) is 3. The van der Waals surface area contributed by atoms with Crippen molar-refractivity contribution in [1.82, 2.24) is 9.88 Å². The molecule has 3 amide bonds. The molecule has 0 aliphatic carbocycles. The van der Waals surface area contributed by atoms with Gasteiger partial charge in [0, 0.05) is 23.6 Å². The van der Waals surface area contributed by atoms with Crippen LogP contribution < -0.4 is 16.0 Å². The fourth-order valence-corrected chi connectivity index (χ4v) is 2.85. The zero-order valence-electron chi connectivity index (χ0n) is 18.2. The lowest BCUT2D eigenvalue weighted by Gasteiger charge is -2.19. The van der Waals surface area contributed by atoms with Crippen LogP contribution in [0.3, 0.4) is 0 Å². The molecule has 0 unspecified atom stereocenters. The maximum Gasteiger partial charge on any atom is 0.408 e. The number of anilines is 2. The van der Waals surface area contributed by atoms with Crippen LogP contribution in [0.15, 0.2) is 73.1 Å². The van der Waals surface area contributed by atoms with Crippen molar-refractivity contribution in [2.75, 3.05) is 17.2 Å². The normalized spacial score (nSPS) is 10.8. The molecule has 0 aliphatic heterocycles. The second-order valence-corrected chi connectivity index (χ2v) is 8.04. The van der Waals surface area contributed by atoms with Gasteiger partial charge < -0.3 is 25.3 Å². The number of carbonyl (C=O) groups is 3. The first-order valence-corrected chi connectivity index (χ1v) is 10.1. The summed E-state index contributed by atoms with van der Waals surface area (Å²) in [5, 5.41) is 7.90. The lowest BCUT2D eigenvalue weighted by molar-refractivity contribution is -0.115. The molecule has 3 rings (SSSR count). The average molecular weight is 434 g/mol. The zero-order valence-corrected chi connectivity index (χ0v) is 18.2. The Balaban J connectivity index is 1.60. The summed E-state index contributed by atoms with van der Waals surface area (Å²) < 4.78 is 7.05. The predicted molar refractivity (Wildman–Crippen MR) is 123 cm³/mol. The van der Waals surface area contributed by atoms with Crippen molar-refractivity contribution < 1.29 is 19.1 Å². The van der Waals surface area contributed by atoms with Gasteiger partial charge >= 0.3 is 6.09 Å². The first kappa shape index (κ1) is 22.6. The number of ether oxygens (including phenoxy) is 1. The Labute approximate surface area is 186 Å². The van der Waals surface area contributed by atoms with E-state index in [0.29, 0.717) is 16.9 Å². The van der Waals surface area contributed by atoms with Crippen molar-refractivity contribution in [2.24, 2.45) is 0 Å². The molecule has 0 saturated carbocycles. The summed E-state index contributed by atoms with van der Waals surface area (Å²) in [4.78, 5) is 36.6. The molecule has 0 spiro atoms. The number of amides is 3. The molecule has 0 radical (unpaired) electrons. The average Bonchev–Trinajstić information content (AvgIpc) is 3.27. The molecule has 0 aliphatic rings. The Morgan fingerprint density at radius 1 is 0.844 bits per heavy atom. The van der Waals surface area contributed by atoms with Crippen LogP contribution in [0, 0.1) is 0 Å². The molecule has 0 atom stereocenters. The Bertz CT molecular complexity index is 1080. The topological polar surface area (TPSA) is 101 Å². The number of nitrogens with zero attached hydrogens (tertiary/aromatic N) is 1. The van der Waals surface area contributed by atoms with E-state index in [1.165, 1.54) is 0 Å². The van der Waals surface area contributed by atoms with Gasteiger partial charge in [-0.25, -0.2) is 4.79 Å². The molecule has 1 aromatic heterocycles. The van der Waals surface area contributed by atoms with Crippen molar-refractivity contribution in [1.29, 1.82) is 0 Å². The molecule has 3 N–H and O–H groups in total. The van der Waals surface area contributed by atoms with Crippen molar-refractivity contribution in [2.45, 2.75) is 26.4 Å². The summed E-state index contributed by atoms with van der Waals surface area (Å²) in [5.74, 6) is -0.758. The second kappa shape index (κ2) is 9.82. The molecule has 32 heavy (non-hydrogen) atoms. The van der Waals surface area contributed by atoms with Crippen molar-refractivity contribution in [3.05, 3.63) is 78.6 Å². The van der Waals surface area contributed by atoms with E-state index in [9.17, 15) is 14.4 Å². The fraction of sp³-hybridized carbons (Fsp3) is 0.208. The first-order valence-electron chi connectivity index (χ1n) is 10.1. The summed E-state index contributed by atoms with van der Waals surface area (Å²) in [6.07, 6.45) is 3.16. The monoisotopic (exact) mass is 434 g/mol. The van der Waals surface area contributed by atoms with Gasteiger partial charge in [-0.15, -0.1) is 0 Å². The van der Waals surface area contributed by atoms with E-state index < -0.39 is 17.6 Å². The highest BCUT2D eigenvalue weighted by molar-refractivity contribution is 6.07. The number of benzene rings is 2. The third-order valence-electron chi connectivity index (χ3n) is 4.27. The van der Waals surface area contributed by atoms with Crippen LogP contribution in [0.5, 0.6) is 0 Å². The number of hydrogen-bond donors (Lipinski definition) is 3. The van der Waals surface area contributed by atoms with E-state index in [1.54, 1.807) is 57.2 Å². The van der Waals surface area contributed by atoms with Crippen LogP contribution in [-0.4, -0.2) is 34.6 Å². The molecule has 166 valence electrons. The summed E-state index contributed by atoms with van der Waals surface area (Å²) in [7, 11) is 0. The van der Waals surface area contributed by atoms with Crippen molar-refractivity contribution in [3.63, 3.8) is 0 Å². The van der Waals surface area contributed by atoms with E-state index in [-0.39, 0.29) is 12.5 Å². The van der Waals surface area contributed by atoms with Crippen LogP contribution >= 0.6 is 0 Å². The molecule has 0 fully saturated rings. The second-order valence-electron chi connectivity index (χ2n) is 8.04. The molecule has 2 aromatic carbocycles. The Hall–Kier alpha value is -4.07. The number of rotatable bonds is 6. The Kier molecular flexibility index (Phi) is 6.94. The van der Waals surface area contributed by atoms with Gasteiger partial charge in [0.05, 0.1) is 11.4 Å². The van der Waals surface area contributed by atoms with Crippen LogP contribution in [0.25, 0.3) is 5.69 Å². The van der Waals surface area contributed by atoms with Crippen LogP contribution in [0.2, 0.25) is 0 Å². The fourth-order valence-electron chi connectivity index (χ4n) is 2.85. The molecule has 0 saturated heterocycles. The van der Waals surface area contributed by atoms with Crippen LogP contribution in [0.4, 0.5) is 16.2 Å². The van der Waals surface area contributed by atoms with Crippen molar-refractivity contribution >= 4 is 29.3 Å². The highest BCUT2D eigenvalue weighted by Crippen LogP contribution is 2.22. The van der Waals surface area contributed by atoms with E-state index in [1.807, 2.05) is 41.2 Å². The molecule has 8 heteroatoms. The maximum absolute atomic E-state index is 12.7. The number of carbonyl (C=O) groups excluding carboxylic acids is 3. The molecule has 0 bridgehead atoms. The quantitative estimate of drug-likeness (QED) is 0.541. The third-order valence-corrected chi connectivity index (χ3v) is 4.27. The standard InChI is InChI=1S/C24H26N4O4/c1-24(2,3)32-23(31)25-16-21(29)26-19-8-4-5-9-20(19)27-22(30)17-10-12-18(13-11-17)28-14-6-7-15-28/h4-15H,16H2,1-3H3,(H,25,31)(H,26,29)(H,27,30). The predicted octanol–water partition coefficient (Wildman–Crippen LogP) is 4.19. The highest BCUT2D eigenvalue weighted by Gasteiger charge is 2.17. The zero-order chi connectivity index (χ0) is 23.1. The van der Waals surface area contributed by atoms with Gasteiger partial charge in [0.25, 0.3) is 5.91 Å². The number of hydrogen-bond acceptors (Lipinski definition) is 4. The lowest BCUT2D eigenvalue weighted by atomic mass is 10.1. The SMILES string of the molecule is CC(C)(C)OC(=O)NCC(=O)Nc1ccccc1NC(=O)c1ccc(-n2cccc2)cc1. The van der Waals surface area contributed by atoms with E-state index in [0.717, 1.165) is 5.69 Å². The molecule has 3 aromatic rings. The molecular formula is C24H26N4O4. The van der Waals surface area contributed by atoms with E-state index in [4.69, 9.17) is 4.74 Å². The minimum atomic E-state index is -0.683. The summed E-state index contributed by atoms with van der Waals surface area (Å²) in [6.45, 7) is 4.94. The van der Waals surface area contributed by atoms with Gasteiger partial charge in [0.15, 0.2) is 0 Å². The van der Waals surface area contributed by atoms with Gasteiger partial charge in [-0.1, -0.05) is 12.1 Å². The Morgan fingerprint density at radius 2 is 1.44 bits per heavy atom. The van der Waals surface area contributed by atoms with Gasteiger partial charge in [0.2, 0.25) is 5.91 Å². The van der Waals surface area contributed by atoms with E-state index >= 15 is 0 Å². The number of alkyl carbamates (subject to hydrolysis) is 1. The van der Waals surface area contributed by atoms with Gasteiger partial charge in [-0.05, 0) is 69.3 Å². The Morgan fingerprint density at radius 3 is 2.03 bits per heavy atom. The van der Waals surface area contributed by atoms with E-state index in [2.05, 4.69) is 16.0 Å². The minimum absolute atomic E-state index is 0.266. The summed E-state index contributed by atoms with van der Waals surface area (Å²) >= 11 is 0. The first-order chi connectivity index (χ1) is 15.2. The van der Waals surface area contributed by atoms with Gasteiger partial charge in [-0.3, -0.25) is 9.59 Å². The van der Waals surface area contributed by atoms with Crippen molar-refractivity contribution in [3.8, 4) is 5.69 Å². The largest absolute Gasteiger partial charge is 0.444 e. The summed E-state index contributed by atoms with van der Waals surface area (Å²) in [6, 6.07) is 17.9. The molecular weight excluding hydrogens is 408 g/mol. The van der Waals surface area contributed by atoms with Gasteiger partial charge in [0.1, 0.15) is 12.1 Å².